The van der Waals surface area contributed by atoms with E-state index in [9.17, 15) is 13.2 Å². The third kappa shape index (κ3) is 4.26. The van der Waals surface area contributed by atoms with Crippen LogP contribution in [0, 0.1) is 16.7 Å². The van der Waals surface area contributed by atoms with Crippen LogP contribution in [0.2, 0.25) is 0 Å². The van der Waals surface area contributed by atoms with E-state index in [1.165, 1.54) is 22.3 Å². The lowest BCUT2D eigenvalue weighted by Gasteiger charge is -2.42. The molecule has 3 heterocycles. The molecule has 2 fully saturated rings. The second-order valence-electron chi connectivity index (χ2n) is 12.2. The molecule has 0 aromatic heterocycles. The molecule has 2 aliphatic carbocycles. The van der Waals surface area contributed by atoms with Crippen molar-refractivity contribution in [2.24, 2.45) is 16.7 Å². The summed E-state index contributed by atoms with van der Waals surface area (Å²) >= 11 is 0. The number of rotatable bonds is 4. The first-order valence-electron chi connectivity index (χ1n) is 13.8. The molecule has 3 atom stereocenters. The van der Waals surface area contributed by atoms with E-state index in [-0.39, 0.29) is 17.1 Å². The summed E-state index contributed by atoms with van der Waals surface area (Å²) in [5.41, 5.74) is 4.22. The predicted octanol–water partition coefficient (Wildman–Crippen LogP) is 4.36. The molecule has 0 radical (unpaired) electrons. The van der Waals surface area contributed by atoms with E-state index < -0.39 is 21.3 Å². The van der Waals surface area contributed by atoms with Gasteiger partial charge in [-0.05, 0) is 71.9 Å². The van der Waals surface area contributed by atoms with Crippen LogP contribution in [0.1, 0.15) is 61.4 Å². The molecule has 3 aliphatic heterocycles. The van der Waals surface area contributed by atoms with Crippen molar-refractivity contribution in [3.63, 3.8) is 0 Å². The van der Waals surface area contributed by atoms with Crippen molar-refractivity contribution in [1.29, 1.82) is 0 Å². The maximum absolute atomic E-state index is 11.9. The summed E-state index contributed by atoms with van der Waals surface area (Å²) in [7, 11) is -0.667. The molecule has 9 nitrogen and oxygen atoms in total. The number of hydrogen-bond donors (Lipinski definition) is 1. The van der Waals surface area contributed by atoms with Gasteiger partial charge < -0.3 is 18.9 Å². The second-order valence-corrected chi connectivity index (χ2v) is 13.6. The number of benzene rings is 2. The fourth-order valence-electron chi connectivity index (χ4n) is 7.80. The van der Waals surface area contributed by atoms with Crippen LogP contribution in [0.25, 0.3) is 0 Å². The van der Waals surface area contributed by atoms with Crippen LogP contribution in [-0.4, -0.2) is 57.0 Å². The number of hydrogen-bond acceptors (Lipinski definition) is 8. The van der Waals surface area contributed by atoms with Gasteiger partial charge in [0.2, 0.25) is 6.79 Å². The van der Waals surface area contributed by atoms with Crippen LogP contribution in [-0.2, 0) is 34.3 Å². The summed E-state index contributed by atoms with van der Waals surface area (Å²) in [5, 5.41) is 0. The van der Waals surface area contributed by atoms with Crippen molar-refractivity contribution < 1.29 is 36.7 Å². The largest absolute Gasteiger partial charge is 0.493 e. The van der Waals surface area contributed by atoms with E-state index in [2.05, 4.69) is 23.1 Å². The number of fused-ring (bicyclic) bond motifs is 7. The molecule has 0 saturated heterocycles. The molecule has 1 unspecified atom stereocenters. The first-order chi connectivity index (χ1) is 19.0. The standard InChI is InChI=1S/C20H21NO4.C10H16O4S/c1-22-17-4-3-12-7-16-14-9-19-18(24-11-25-19)8-13(14)5-6-21(16)10-15(12)20(17)23-2;1-9(2)7-3-4-10(9,8(11)5-7)6-15(12,13)14/h3-4,8-9,16H,5-7,10-11H2,1-2H3;7H,3-6H2,1-2H3,(H,12,13,14)/t16-;7?,10-/m01/s1. The van der Waals surface area contributed by atoms with Gasteiger partial charge in [0.15, 0.2) is 23.0 Å². The predicted molar refractivity (Wildman–Crippen MR) is 148 cm³/mol. The van der Waals surface area contributed by atoms with E-state index >= 15 is 0 Å². The van der Waals surface area contributed by atoms with Gasteiger partial charge in [-0.2, -0.15) is 8.42 Å². The van der Waals surface area contributed by atoms with Gasteiger partial charge in [0.05, 0.1) is 25.4 Å². The SMILES string of the molecule is CC1(C)C2CC[C@@]1(CS(=O)(=O)O)C(=O)C2.COc1ccc2c(c1OC)CN1CCc3cc4c(cc3[C@@H]1C2)OCO4. The molecular formula is C30H37NO8S. The lowest BCUT2D eigenvalue weighted by molar-refractivity contribution is -0.128. The molecule has 40 heavy (non-hydrogen) atoms. The third-order valence-corrected chi connectivity index (χ3v) is 11.0. The number of ketones is 1. The van der Waals surface area contributed by atoms with Gasteiger partial charge in [-0.3, -0.25) is 14.2 Å². The Morgan fingerprint density at radius 2 is 1.82 bits per heavy atom. The number of methoxy groups -OCH3 is 2. The molecule has 0 amide bonds. The molecule has 2 saturated carbocycles. The molecule has 216 valence electrons. The van der Waals surface area contributed by atoms with Gasteiger partial charge in [-0.1, -0.05) is 19.9 Å². The summed E-state index contributed by atoms with van der Waals surface area (Å²) in [6.07, 6.45) is 3.98. The molecule has 2 bridgehead atoms. The van der Waals surface area contributed by atoms with Gasteiger partial charge >= 0.3 is 0 Å². The van der Waals surface area contributed by atoms with Gasteiger partial charge in [-0.25, -0.2) is 0 Å². The maximum Gasteiger partial charge on any atom is 0.265 e. The Labute approximate surface area is 235 Å². The Kier molecular flexibility index (Phi) is 6.59. The molecule has 7 rings (SSSR count). The van der Waals surface area contributed by atoms with Gasteiger partial charge in [0.25, 0.3) is 10.1 Å². The zero-order valence-corrected chi connectivity index (χ0v) is 24.3. The molecule has 2 aromatic rings. The number of Topliss-reactive ketones (excluding diaryl/α,β-unsaturated/α-hetero) is 1. The van der Waals surface area contributed by atoms with E-state index in [4.69, 9.17) is 23.5 Å². The van der Waals surface area contributed by atoms with Crippen LogP contribution in [0.5, 0.6) is 23.0 Å². The fraction of sp³-hybridized carbons (Fsp3) is 0.567. The summed E-state index contributed by atoms with van der Waals surface area (Å²) in [4.78, 5) is 14.4. The first kappa shape index (κ1) is 27.4. The zero-order valence-electron chi connectivity index (χ0n) is 23.5. The number of carbonyl (C=O) groups is 1. The minimum absolute atomic E-state index is 0.0152. The Hall–Kier alpha value is -2.82. The van der Waals surface area contributed by atoms with Gasteiger partial charge in [0.1, 0.15) is 5.78 Å². The molecule has 1 N–H and O–H groups in total. The van der Waals surface area contributed by atoms with Crippen molar-refractivity contribution in [2.75, 3.05) is 33.3 Å². The van der Waals surface area contributed by atoms with Crippen LogP contribution >= 0.6 is 0 Å². The summed E-state index contributed by atoms with van der Waals surface area (Å²) in [6, 6.07) is 8.91. The maximum atomic E-state index is 11.9. The minimum Gasteiger partial charge on any atom is -0.493 e. The molecule has 0 spiro atoms. The Morgan fingerprint density at radius 3 is 2.45 bits per heavy atom. The van der Waals surface area contributed by atoms with Crippen LogP contribution in [0.4, 0.5) is 0 Å². The summed E-state index contributed by atoms with van der Waals surface area (Å²) in [5.74, 6) is 3.33. The molecule has 2 aromatic carbocycles. The van der Waals surface area contributed by atoms with Gasteiger partial charge in [0, 0.05) is 31.1 Å². The average Bonchev–Trinajstić information content (AvgIpc) is 3.52. The van der Waals surface area contributed by atoms with E-state index in [0.29, 0.717) is 25.7 Å². The van der Waals surface area contributed by atoms with Gasteiger partial charge in [-0.15, -0.1) is 0 Å². The average molecular weight is 572 g/mol. The Balaban J connectivity index is 0.000000165. The molecule has 5 aliphatic rings. The van der Waals surface area contributed by atoms with Crippen molar-refractivity contribution in [2.45, 2.75) is 58.5 Å². The lowest BCUT2D eigenvalue weighted by Crippen LogP contribution is -2.42. The van der Waals surface area contributed by atoms with Crippen molar-refractivity contribution in [3.8, 4) is 23.0 Å². The first-order valence-corrected chi connectivity index (χ1v) is 15.5. The summed E-state index contributed by atoms with van der Waals surface area (Å²) in [6.45, 7) is 6.14. The highest BCUT2D eigenvalue weighted by Gasteiger charge is 2.65. The normalized spacial score (nSPS) is 27.3. The third-order valence-electron chi connectivity index (χ3n) is 10.2. The Bertz CT molecular complexity index is 1470. The highest BCUT2D eigenvalue weighted by Crippen LogP contribution is 2.64. The van der Waals surface area contributed by atoms with Crippen LogP contribution in [0.3, 0.4) is 0 Å². The highest BCUT2D eigenvalue weighted by atomic mass is 32.2. The van der Waals surface area contributed by atoms with E-state index in [1.54, 1.807) is 14.2 Å². The number of nitrogens with zero attached hydrogens (tertiary/aromatic N) is 1. The Morgan fingerprint density at radius 1 is 1.07 bits per heavy atom. The van der Waals surface area contributed by atoms with Crippen molar-refractivity contribution in [1.82, 2.24) is 4.90 Å². The lowest BCUT2D eigenvalue weighted by atomic mass is 9.70. The monoisotopic (exact) mass is 571 g/mol. The van der Waals surface area contributed by atoms with Crippen LogP contribution in [0.15, 0.2) is 24.3 Å². The van der Waals surface area contributed by atoms with Crippen LogP contribution < -0.4 is 18.9 Å². The van der Waals surface area contributed by atoms with Crippen molar-refractivity contribution in [3.05, 3.63) is 46.5 Å². The zero-order chi connectivity index (χ0) is 28.4. The number of carbonyl (C=O) groups excluding carboxylic acids is 1. The number of ether oxygens (including phenoxy) is 4. The molecular weight excluding hydrogens is 534 g/mol. The smallest absolute Gasteiger partial charge is 0.265 e. The second kappa shape index (κ2) is 9.63. The highest BCUT2D eigenvalue weighted by molar-refractivity contribution is 7.85. The topological polar surface area (TPSA) is 112 Å². The van der Waals surface area contributed by atoms with Crippen molar-refractivity contribution >= 4 is 15.9 Å². The minimum atomic E-state index is -4.08. The van der Waals surface area contributed by atoms with E-state index in [0.717, 1.165) is 55.4 Å². The summed E-state index contributed by atoms with van der Waals surface area (Å²) < 4.78 is 53.3. The fourth-order valence-corrected chi connectivity index (χ4v) is 9.10. The van der Waals surface area contributed by atoms with E-state index in [1.807, 2.05) is 19.9 Å². The molecule has 10 heteroatoms. The quantitative estimate of drug-likeness (QED) is 0.535.